The van der Waals surface area contributed by atoms with Crippen LogP contribution in [0.25, 0.3) is 0 Å². The molecule has 74 valence electrons. The van der Waals surface area contributed by atoms with Crippen LogP contribution in [-0.2, 0) is 19.9 Å². The molecule has 13 heavy (non-hydrogen) atoms. The summed E-state index contributed by atoms with van der Waals surface area (Å²) >= 11 is 0. The van der Waals surface area contributed by atoms with Gasteiger partial charge in [0, 0.05) is 7.05 Å². The monoisotopic (exact) mass is 182 g/mol. The Labute approximate surface area is 79.4 Å². The smallest absolute Gasteiger partial charge is 0.160 e. The van der Waals surface area contributed by atoms with E-state index in [-0.39, 0.29) is 0 Å². The highest BCUT2D eigenvalue weighted by Gasteiger charge is 2.12. The van der Waals surface area contributed by atoms with Gasteiger partial charge >= 0.3 is 0 Å². The van der Waals surface area contributed by atoms with Gasteiger partial charge in [0.2, 0.25) is 0 Å². The molecule has 0 spiro atoms. The number of aromatic nitrogens is 2. The summed E-state index contributed by atoms with van der Waals surface area (Å²) in [5, 5.41) is 14.0. The van der Waals surface area contributed by atoms with E-state index in [0.29, 0.717) is 5.75 Å². The van der Waals surface area contributed by atoms with Crippen LogP contribution in [0.1, 0.15) is 38.1 Å². The molecule has 1 aromatic rings. The van der Waals surface area contributed by atoms with Gasteiger partial charge < -0.3 is 5.11 Å². The summed E-state index contributed by atoms with van der Waals surface area (Å²) < 4.78 is 1.80. The Morgan fingerprint density at radius 1 is 1.38 bits per heavy atom. The number of unbranched alkanes of at least 4 members (excludes halogenated alkanes) is 1. The van der Waals surface area contributed by atoms with Crippen molar-refractivity contribution in [2.75, 3.05) is 0 Å². The second-order valence-electron chi connectivity index (χ2n) is 3.32. The zero-order valence-corrected chi connectivity index (χ0v) is 8.67. The molecular weight excluding hydrogens is 164 g/mol. The minimum Gasteiger partial charge on any atom is -0.504 e. The highest BCUT2D eigenvalue weighted by Crippen LogP contribution is 2.23. The average molecular weight is 182 g/mol. The summed E-state index contributed by atoms with van der Waals surface area (Å²) in [6, 6.07) is 0. The molecule has 0 fully saturated rings. The fourth-order valence-electron chi connectivity index (χ4n) is 1.47. The number of hydrogen-bond donors (Lipinski definition) is 1. The highest BCUT2D eigenvalue weighted by atomic mass is 16.3. The standard InChI is InChI=1S/C10H18N2O/c1-4-6-7-9-10(13)8(5-2)11-12(9)3/h13H,4-7H2,1-3H3. The van der Waals surface area contributed by atoms with Crippen LogP contribution in [0.15, 0.2) is 0 Å². The lowest BCUT2D eigenvalue weighted by Gasteiger charge is -2.00. The molecule has 0 saturated heterocycles. The zero-order chi connectivity index (χ0) is 9.84. The van der Waals surface area contributed by atoms with E-state index >= 15 is 0 Å². The molecule has 0 atom stereocenters. The molecule has 3 heteroatoms. The average Bonchev–Trinajstić information content (AvgIpc) is 2.39. The molecular formula is C10H18N2O. The topological polar surface area (TPSA) is 38.1 Å². The van der Waals surface area contributed by atoms with Gasteiger partial charge in [-0.25, -0.2) is 0 Å². The number of nitrogens with zero attached hydrogens (tertiary/aromatic N) is 2. The van der Waals surface area contributed by atoms with E-state index in [2.05, 4.69) is 12.0 Å². The summed E-state index contributed by atoms with van der Waals surface area (Å²) in [7, 11) is 1.89. The minimum atomic E-state index is 0.401. The first-order valence-electron chi connectivity index (χ1n) is 4.94. The number of aryl methyl sites for hydroxylation is 2. The first-order valence-corrected chi connectivity index (χ1v) is 4.94. The lowest BCUT2D eigenvalue weighted by atomic mass is 10.1. The Bertz CT molecular complexity index is 279. The minimum absolute atomic E-state index is 0.401. The summed E-state index contributed by atoms with van der Waals surface area (Å²) in [6.45, 7) is 4.15. The van der Waals surface area contributed by atoms with Crippen molar-refractivity contribution in [1.29, 1.82) is 0 Å². The van der Waals surface area contributed by atoms with Crippen molar-refractivity contribution in [1.82, 2.24) is 9.78 Å². The number of aromatic hydroxyl groups is 1. The molecule has 3 nitrogen and oxygen atoms in total. The predicted octanol–water partition coefficient (Wildman–Crippen LogP) is 2.03. The van der Waals surface area contributed by atoms with Crippen molar-refractivity contribution in [2.24, 2.45) is 7.05 Å². The van der Waals surface area contributed by atoms with E-state index in [1.807, 2.05) is 14.0 Å². The largest absolute Gasteiger partial charge is 0.504 e. The van der Waals surface area contributed by atoms with E-state index in [9.17, 15) is 5.11 Å². The summed E-state index contributed by atoms with van der Waals surface area (Å²) in [5.74, 6) is 0.401. The van der Waals surface area contributed by atoms with E-state index in [1.165, 1.54) is 0 Å². The molecule has 0 amide bonds. The van der Waals surface area contributed by atoms with Crippen LogP contribution in [0, 0.1) is 0 Å². The third-order valence-electron chi connectivity index (χ3n) is 2.31. The first kappa shape index (κ1) is 10.1. The van der Waals surface area contributed by atoms with Crippen molar-refractivity contribution in [3.63, 3.8) is 0 Å². The second-order valence-corrected chi connectivity index (χ2v) is 3.32. The van der Waals surface area contributed by atoms with Crippen LogP contribution in [0.3, 0.4) is 0 Å². The first-order chi connectivity index (χ1) is 6.20. The van der Waals surface area contributed by atoms with Crippen molar-refractivity contribution in [2.45, 2.75) is 39.5 Å². The number of rotatable bonds is 4. The van der Waals surface area contributed by atoms with Gasteiger partial charge in [0.15, 0.2) is 5.75 Å². The zero-order valence-electron chi connectivity index (χ0n) is 8.67. The van der Waals surface area contributed by atoms with Gasteiger partial charge in [0.25, 0.3) is 0 Å². The van der Waals surface area contributed by atoms with Gasteiger partial charge in [-0.15, -0.1) is 0 Å². The lowest BCUT2D eigenvalue weighted by molar-refractivity contribution is 0.459. The van der Waals surface area contributed by atoms with E-state index in [4.69, 9.17) is 0 Å². The van der Waals surface area contributed by atoms with Crippen molar-refractivity contribution < 1.29 is 5.11 Å². The highest BCUT2D eigenvalue weighted by molar-refractivity contribution is 5.32. The molecule has 0 saturated carbocycles. The third kappa shape index (κ3) is 2.02. The van der Waals surface area contributed by atoms with Crippen LogP contribution in [-0.4, -0.2) is 14.9 Å². The molecule has 1 heterocycles. The van der Waals surface area contributed by atoms with Gasteiger partial charge in [-0.3, -0.25) is 4.68 Å². The maximum atomic E-state index is 9.75. The normalized spacial score (nSPS) is 10.7. The van der Waals surface area contributed by atoms with Crippen LogP contribution in [0.4, 0.5) is 0 Å². The SMILES string of the molecule is CCCCc1c(O)c(CC)nn1C. The second kappa shape index (κ2) is 4.30. The molecule has 0 radical (unpaired) electrons. The van der Waals surface area contributed by atoms with Crippen LogP contribution >= 0.6 is 0 Å². The Kier molecular flexibility index (Phi) is 3.34. The Balaban J connectivity index is 2.85. The van der Waals surface area contributed by atoms with E-state index in [0.717, 1.165) is 37.1 Å². The van der Waals surface area contributed by atoms with Crippen molar-refractivity contribution in [3.05, 3.63) is 11.4 Å². The molecule has 0 aromatic carbocycles. The molecule has 0 unspecified atom stereocenters. The van der Waals surface area contributed by atoms with Gasteiger partial charge in [-0.2, -0.15) is 5.10 Å². The lowest BCUT2D eigenvalue weighted by Crippen LogP contribution is -1.98. The molecule has 0 aliphatic carbocycles. The van der Waals surface area contributed by atoms with Gasteiger partial charge in [-0.1, -0.05) is 20.3 Å². The Morgan fingerprint density at radius 2 is 2.08 bits per heavy atom. The maximum absolute atomic E-state index is 9.75. The van der Waals surface area contributed by atoms with E-state index in [1.54, 1.807) is 4.68 Å². The molecule has 0 aliphatic heterocycles. The van der Waals surface area contributed by atoms with Gasteiger partial charge in [0.05, 0.1) is 5.69 Å². The molecule has 1 N–H and O–H groups in total. The maximum Gasteiger partial charge on any atom is 0.160 e. The molecule has 0 bridgehead atoms. The van der Waals surface area contributed by atoms with Crippen molar-refractivity contribution >= 4 is 0 Å². The Morgan fingerprint density at radius 3 is 2.54 bits per heavy atom. The molecule has 0 aliphatic rings. The molecule has 1 aromatic heterocycles. The van der Waals surface area contributed by atoms with Crippen LogP contribution in [0.2, 0.25) is 0 Å². The summed E-state index contributed by atoms with van der Waals surface area (Å²) in [4.78, 5) is 0. The van der Waals surface area contributed by atoms with Gasteiger partial charge in [0.1, 0.15) is 5.69 Å². The van der Waals surface area contributed by atoms with E-state index < -0.39 is 0 Å². The van der Waals surface area contributed by atoms with Gasteiger partial charge in [-0.05, 0) is 19.3 Å². The van der Waals surface area contributed by atoms with Crippen LogP contribution in [0.5, 0.6) is 5.75 Å². The fourth-order valence-corrected chi connectivity index (χ4v) is 1.47. The number of hydrogen-bond acceptors (Lipinski definition) is 2. The fraction of sp³-hybridized carbons (Fsp3) is 0.700. The Hall–Kier alpha value is -0.990. The molecule has 1 rings (SSSR count). The summed E-state index contributed by atoms with van der Waals surface area (Å²) in [6.07, 6.45) is 3.97. The predicted molar refractivity (Wildman–Crippen MR) is 52.9 cm³/mol. The summed E-state index contributed by atoms with van der Waals surface area (Å²) in [5.41, 5.74) is 1.78. The quantitative estimate of drug-likeness (QED) is 0.773. The van der Waals surface area contributed by atoms with Crippen molar-refractivity contribution in [3.8, 4) is 5.75 Å². The third-order valence-corrected chi connectivity index (χ3v) is 2.31. The van der Waals surface area contributed by atoms with Crippen LogP contribution < -0.4 is 0 Å².